The van der Waals surface area contributed by atoms with Gasteiger partial charge in [0.1, 0.15) is 0 Å². The van der Waals surface area contributed by atoms with Gasteiger partial charge in [-0.3, -0.25) is 9.69 Å². The Bertz CT molecular complexity index is 198. The number of hydrogen-bond acceptors (Lipinski definition) is 3. The summed E-state index contributed by atoms with van der Waals surface area (Å²) in [7, 11) is 2.13. The van der Waals surface area contributed by atoms with Crippen LogP contribution < -0.4 is 5.32 Å². The van der Waals surface area contributed by atoms with Gasteiger partial charge in [-0.15, -0.1) is 0 Å². The summed E-state index contributed by atoms with van der Waals surface area (Å²) >= 11 is 0. The molecule has 1 fully saturated rings. The van der Waals surface area contributed by atoms with Gasteiger partial charge in [-0.1, -0.05) is 13.8 Å². The highest BCUT2D eigenvalue weighted by atomic mass is 16.1. The third-order valence-electron chi connectivity index (χ3n) is 2.69. The average molecular weight is 213 g/mol. The van der Waals surface area contributed by atoms with Gasteiger partial charge in [-0.25, -0.2) is 0 Å². The van der Waals surface area contributed by atoms with Gasteiger partial charge < -0.3 is 10.2 Å². The summed E-state index contributed by atoms with van der Waals surface area (Å²) in [4.78, 5) is 16.0. The summed E-state index contributed by atoms with van der Waals surface area (Å²) in [6.45, 7) is 9.14. The number of carbonyl (C=O) groups excluding carboxylic acids is 1. The summed E-state index contributed by atoms with van der Waals surface area (Å²) in [5, 5.41) is 2.97. The summed E-state index contributed by atoms with van der Waals surface area (Å²) in [5.41, 5.74) is 0. The fraction of sp³-hybridized carbons (Fsp3) is 0.909. The second-order valence-corrected chi connectivity index (χ2v) is 4.78. The van der Waals surface area contributed by atoms with Crippen LogP contribution >= 0.6 is 0 Å². The van der Waals surface area contributed by atoms with Crippen LogP contribution in [0.3, 0.4) is 0 Å². The predicted molar refractivity (Wildman–Crippen MR) is 61.5 cm³/mol. The molecule has 88 valence electrons. The number of nitrogens with zero attached hydrogens (tertiary/aromatic N) is 2. The lowest BCUT2D eigenvalue weighted by atomic mass is 10.1. The summed E-state index contributed by atoms with van der Waals surface area (Å²) in [6, 6.07) is 0. The van der Waals surface area contributed by atoms with Crippen LogP contribution in [-0.2, 0) is 4.79 Å². The molecule has 0 radical (unpaired) electrons. The van der Waals surface area contributed by atoms with Crippen LogP contribution in [0.15, 0.2) is 0 Å². The standard InChI is InChI=1S/C11H23N3O/c1-10(2)8-11(15)12-9-14-6-4-13(3)5-7-14/h10H,4-9H2,1-3H3,(H,12,15). The molecule has 4 heteroatoms. The Balaban J connectivity index is 2.12. The minimum absolute atomic E-state index is 0.170. The van der Waals surface area contributed by atoms with E-state index in [2.05, 4.69) is 36.0 Å². The molecule has 0 bridgehead atoms. The molecule has 0 saturated carbocycles. The molecule has 1 aliphatic rings. The monoisotopic (exact) mass is 213 g/mol. The minimum atomic E-state index is 0.170. The van der Waals surface area contributed by atoms with E-state index >= 15 is 0 Å². The van der Waals surface area contributed by atoms with Crippen LogP contribution in [0.4, 0.5) is 0 Å². The van der Waals surface area contributed by atoms with Crippen LogP contribution in [0, 0.1) is 5.92 Å². The van der Waals surface area contributed by atoms with Crippen LogP contribution in [0.5, 0.6) is 0 Å². The SMILES string of the molecule is CC(C)CC(=O)NCN1CCN(C)CC1. The number of nitrogens with one attached hydrogen (secondary N) is 1. The maximum absolute atomic E-state index is 11.4. The fourth-order valence-corrected chi connectivity index (χ4v) is 1.65. The third-order valence-corrected chi connectivity index (χ3v) is 2.69. The molecule has 0 aromatic heterocycles. The molecule has 15 heavy (non-hydrogen) atoms. The fourth-order valence-electron chi connectivity index (χ4n) is 1.65. The van der Waals surface area contributed by atoms with E-state index in [1.165, 1.54) is 0 Å². The second kappa shape index (κ2) is 6.08. The van der Waals surface area contributed by atoms with Crippen molar-refractivity contribution in [1.82, 2.24) is 15.1 Å². The number of carbonyl (C=O) groups is 1. The molecule has 0 aromatic carbocycles. The highest BCUT2D eigenvalue weighted by Crippen LogP contribution is 2.00. The van der Waals surface area contributed by atoms with Gasteiger partial charge in [0.25, 0.3) is 0 Å². The lowest BCUT2D eigenvalue weighted by Crippen LogP contribution is -2.48. The van der Waals surface area contributed by atoms with Crippen LogP contribution in [0.2, 0.25) is 0 Å². The van der Waals surface area contributed by atoms with E-state index < -0.39 is 0 Å². The minimum Gasteiger partial charge on any atom is -0.343 e. The first kappa shape index (κ1) is 12.5. The van der Waals surface area contributed by atoms with Crippen molar-refractivity contribution < 1.29 is 4.79 Å². The molecule has 1 saturated heterocycles. The Hall–Kier alpha value is -0.610. The third kappa shape index (κ3) is 5.14. The van der Waals surface area contributed by atoms with Crippen LogP contribution in [0.25, 0.3) is 0 Å². The zero-order valence-corrected chi connectivity index (χ0v) is 10.1. The number of likely N-dealkylation sites (N-methyl/N-ethyl adjacent to an activating group) is 1. The van der Waals surface area contributed by atoms with Crippen molar-refractivity contribution in [2.75, 3.05) is 39.9 Å². The molecule has 0 spiro atoms. The number of rotatable bonds is 4. The first-order valence-corrected chi connectivity index (χ1v) is 5.75. The van der Waals surface area contributed by atoms with E-state index in [-0.39, 0.29) is 5.91 Å². The number of piperazine rings is 1. The van der Waals surface area contributed by atoms with Gasteiger partial charge in [-0.05, 0) is 13.0 Å². The summed E-state index contributed by atoms with van der Waals surface area (Å²) in [5.74, 6) is 0.612. The van der Waals surface area contributed by atoms with Gasteiger partial charge in [0.05, 0.1) is 6.67 Å². The maximum atomic E-state index is 11.4. The first-order chi connectivity index (χ1) is 7.08. The maximum Gasteiger partial charge on any atom is 0.221 e. The van der Waals surface area contributed by atoms with E-state index in [0.717, 1.165) is 26.2 Å². The molecule has 0 unspecified atom stereocenters. The van der Waals surface area contributed by atoms with Gasteiger partial charge in [0.15, 0.2) is 0 Å². The Morgan fingerprint density at radius 3 is 2.40 bits per heavy atom. The Morgan fingerprint density at radius 2 is 1.87 bits per heavy atom. The quantitative estimate of drug-likeness (QED) is 0.732. The average Bonchev–Trinajstić information content (AvgIpc) is 2.16. The summed E-state index contributed by atoms with van der Waals surface area (Å²) in [6.07, 6.45) is 0.633. The highest BCUT2D eigenvalue weighted by Gasteiger charge is 2.14. The van der Waals surface area contributed by atoms with Gasteiger partial charge in [0.2, 0.25) is 5.91 Å². The molecule has 1 N–H and O–H groups in total. The molecular weight excluding hydrogens is 190 g/mol. The smallest absolute Gasteiger partial charge is 0.221 e. The van der Waals surface area contributed by atoms with Crippen molar-refractivity contribution in [2.24, 2.45) is 5.92 Å². The predicted octanol–water partition coefficient (Wildman–Crippen LogP) is 0.354. The first-order valence-electron chi connectivity index (χ1n) is 5.75. The van der Waals surface area contributed by atoms with E-state index in [4.69, 9.17) is 0 Å². The van der Waals surface area contributed by atoms with Crippen molar-refractivity contribution in [3.05, 3.63) is 0 Å². The zero-order chi connectivity index (χ0) is 11.3. The molecule has 1 aliphatic heterocycles. The molecule has 0 aliphatic carbocycles. The normalized spacial score (nSPS) is 19.5. The molecule has 1 rings (SSSR count). The van der Waals surface area contributed by atoms with Crippen molar-refractivity contribution in [2.45, 2.75) is 20.3 Å². The van der Waals surface area contributed by atoms with E-state index in [0.29, 0.717) is 19.0 Å². The zero-order valence-electron chi connectivity index (χ0n) is 10.1. The Morgan fingerprint density at radius 1 is 1.27 bits per heavy atom. The molecule has 1 amide bonds. The van der Waals surface area contributed by atoms with Crippen molar-refractivity contribution >= 4 is 5.91 Å². The van der Waals surface area contributed by atoms with Crippen molar-refractivity contribution in [3.63, 3.8) is 0 Å². The van der Waals surface area contributed by atoms with Crippen LogP contribution in [-0.4, -0.2) is 55.6 Å². The largest absolute Gasteiger partial charge is 0.343 e. The Labute approximate surface area is 92.6 Å². The van der Waals surface area contributed by atoms with Crippen molar-refractivity contribution in [1.29, 1.82) is 0 Å². The van der Waals surface area contributed by atoms with Crippen molar-refractivity contribution in [3.8, 4) is 0 Å². The molecular formula is C11H23N3O. The number of hydrogen-bond donors (Lipinski definition) is 1. The Kier molecular flexibility index (Phi) is 5.05. The topological polar surface area (TPSA) is 35.6 Å². The summed E-state index contributed by atoms with van der Waals surface area (Å²) < 4.78 is 0. The number of amides is 1. The molecule has 0 aromatic rings. The lowest BCUT2D eigenvalue weighted by Gasteiger charge is -2.32. The second-order valence-electron chi connectivity index (χ2n) is 4.78. The van der Waals surface area contributed by atoms with E-state index in [9.17, 15) is 4.79 Å². The van der Waals surface area contributed by atoms with Gasteiger partial charge >= 0.3 is 0 Å². The lowest BCUT2D eigenvalue weighted by molar-refractivity contribution is -0.122. The highest BCUT2D eigenvalue weighted by molar-refractivity contribution is 5.75. The molecule has 0 atom stereocenters. The van der Waals surface area contributed by atoms with Gasteiger partial charge in [-0.2, -0.15) is 0 Å². The molecule has 1 heterocycles. The molecule has 4 nitrogen and oxygen atoms in total. The van der Waals surface area contributed by atoms with E-state index in [1.807, 2.05) is 0 Å². The van der Waals surface area contributed by atoms with E-state index in [1.54, 1.807) is 0 Å². The van der Waals surface area contributed by atoms with Crippen LogP contribution in [0.1, 0.15) is 20.3 Å². The van der Waals surface area contributed by atoms with Gasteiger partial charge in [0, 0.05) is 32.6 Å².